The van der Waals surface area contributed by atoms with Gasteiger partial charge < -0.3 is 10.6 Å². The number of halogens is 1. The number of carbonyl (C=O) groups is 1. The zero-order chi connectivity index (χ0) is 13.2. The van der Waals surface area contributed by atoms with Crippen LogP contribution in [0.3, 0.4) is 0 Å². The molecule has 1 aliphatic heterocycles. The highest BCUT2D eigenvalue weighted by Gasteiger charge is 2.21. The van der Waals surface area contributed by atoms with Crippen molar-refractivity contribution in [2.45, 2.75) is 23.8 Å². The van der Waals surface area contributed by atoms with Crippen LogP contribution in [-0.2, 0) is 14.8 Å². The molecule has 0 radical (unpaired) electrons. The van der Waals surface area contributed by atoms with Gasteiger partial charge in [0.2, 0.25) is 15.9 Å². The van der Waals surface area contributed by atoms with Gasteiger partial charge in [-0.15, -0.1) is 12.4 Å². The summed E-state index contributed by atoms with van der Waals surface area (Å²) in [7, 11) is -3.69. The normalized spacial score (nSPS) is 18.7. The van der Waals surface area contributed by atoms with Crippen LogP contribution >= 0.6 is 12.4 Å². The van der Waals surface area contributed by atoms with Crippen LogP contribution in [0.25, 0.3) is 0 Å². The summed E-state index contributed by atoms with van der Waals surface area (Å²) in [5, 5.41) is 10.8. The van der Waals surface area contributed by atoms with Crippen molar-refractivity contribution in [3.05, 3.63) is 24.3 Å². The number of sulfonamides is 1. The van der Waals surface area contributed by atoms with E-state index in [-0.39, 0.29) is 29.3 Å². The summed E-state index contributed by atoms with van der Waals surface area (Å²) in [5.41, 5.74) is 0.557. The summed E-state index contributed by atoms with van der Waals surface area (Å²) in [6, 6.07) is 5.61. The van der Waals surface area contributed by atoms with Crippen LogP contribution in [0.15, 0.2) is 29.2 Å². The molecule has 1 saturated heterocycles. The Morgan fingerprint density at radius 1 is 1.32 bits per heavy atom. The maximum absolute atomic E-state index is 11.8. The van der Waals surface area contributed by atoms with Crippen LogP contribution in [0, 0.1) is 0 Å². The molecule has 19 heavy (non-hydrogen) atoms. The molecule has 1 amide bonds. The molecule has 1 aromatic rings. The molecule has 0 aliphatic carbocycles. The second-order valence-corrected chi connectivity index (χ2v) is 5.77. The highest BCUT2D eigenvalue weighted by atomic mass is 35.5. The number of hydrogen-bond acceptors (Lipinski definition) is 4. The van der Waals surface area contributed by atoms with Crippen molar-refractivity contribution in [1.29, 1.82) is 0 Å². The van der Waals surface area contributed by atoms with Gasteiger partial charge in [-0.25, -0.2) is 13.6 Å². The van der Waals surface area contributed by atoms with E-state index in [0.29, 0.717) is 5.69 Å². The van der Waals surface area contributed by atoms with E-state index in [4.69, 9.17) is 5.14 Å². The minimum atomic E-state index is -3.69. The molecule has 0 unspecified atom stereocenters. The third-order valence-corrected chi connectivity index (χ3v) is 3.76. The summed E-state index contributed by atoms with van der Waals surface area (Å²) in [6.45, 7) is 0.850. The standard InChI is InChI=1S/C11H15N3O3S.ClH/c12-18(16,17)9-5-3-8(4-6-9)14-11(15)10-2-1-7-13-10;/h3-6,10,13H,1-2,7H2,(H,14,15)(H2,12,16,17);1H/t10-;/m1./s1. The largest absolute Gasteiger partial charge is 0.325 e. The summed E-state index contributed by atoms with van der Waals surface area (Å²) < 4.78 is 22.1. The first-order chi connectivity index (χ1) is 8.47. The monoisotopic (exact) mass is 305 g/mol. The molecule has 2 rings (SSSR count). The minimum absolute atomic E-state index is 0. The molecular formula is C11H16ClN3O3S. The maximum atomic E-state index is 11.8. The average molecular weight is 306 g/mol. The van der Waals surface area contributed by atoms with Gasteiger partial charge in [0.15, 0.2) is 0 Å². The summed E-state index contributed by atoms with van der Waals surface area (Å²) in [4.78, 5) is 11.8. The number of primary sulfonamides is 1. The van der Waals surface area contributed by atoms with Crippen molar-refractivity contribution in [3.8, 4) is 0 Å². The SMILES string of the molecule is Cl.NS(=O)(=O)c1ccc(NC(=O)[C@H]2CCCN2)cc1. The zero-order valence-corrected chi connectivity index (χ0v) is 11.8. The van der Waals surface area contributed by atoms with E-state index >= 15 is 0 Å². The molecule has 0 bridgehead atoms. The van der Waals surface area contributed by atoms with Gasteiger partial charge in [-0.3, -0.25) is 4.79 Å². The molecule has 1 aliphatic rings. The second-order valence-electron chi connectivity index (χ2n) is 4.21. The number of anilines is 1. The fourth-order valence-electron chi connectivity index (χ4n) is 1.87. The van der Waals surface area contributed by atoms with Crippen LogP contribution in [0.2, 0.25) is 0 Å². The molecule has 0 saturated carbocycles. The molecule has 4 N–H and O–H groups in total. The molecule has 0 spiro atoms. The van der Waals surface area contributed by atoms with Crippen molar-refractivity contribution < 1.29 is 13.2 Å². The molecule has 8 heteroatoms. The van der Waals surface area contributed by atoms with E-state index in [2.05, 4.69) is 10.6 Å². The first-order valence-corrected chi connectivity index (χ1v) is 7.18. The molecule has 0 aromatic heterocycles. The third-order valence-electron chi connectivity index (χ3n) is 2.83. The number of nitrogens with one attached hydrogen (secondary N) is 2. The lowest BCUT2D eigenvalue weighted by Crippen LogP contribution is -2.35. The van der Waals surface area contributed by atoms with Crippen LogP contribution in [0.1, 0.15) is 12.8 Å². The first kappa shape index (κ1) is 15.9. The minimum Gasteiger partial charge on any atom is -0.325 e. The highest BCUT2D eigenvalue weighted by molar-refractivity contribution is 7.89. The predicted octanol–water partition coefficient (Wildman–Crippen LogP) is 0.446. The van der Waals surface area contributed by atoms with E-state index < -0.39 is 10.0 Å². The number of amides is 1. The summed E-state index contributed by atoms with van der Waals surface area (Å²) in [6.07, 6.45) is 1.81. The van der Waals surface area contributed by atoms with Gasteiger partial charge in [0.05, 0.1) is 10.9 Å². The van der Waals surface area contributed by atoms with Gasteiger partial charge in [-0.05, 0) is 43.7 Å². The van der Waals surface area contributed by atoms with Gasteiger partial charge in [0.25, 0.3) is 0 Å². The third kappa shape index (κ3) is 4.17. The fraction of sp³-hybridized carbons (Fsp3) is 0.364. The molecule has 6 nitrogen and oxygen atoms in total. The van der Waals surface area contributed by atoms with Crippen molar-refractivity contribution in [2.75, 3.05) is 11.9 Å². The number of nitrogens with two attached hydrogens (primary N) is 1. The van der Waals surface area contributed by atoms with Gasteiger partial charge in [0.1, 0.15) is 0 Å². The predicted molar refractivity (Wildman–Crippen MR) is 74.7 cm³/mol. The van der Waals surface area contributed by atoms with E-state index in [0.717, 1.165) is 19.4 Å². The number of benzene rings is 1. The first-order valence-electron chi connectivity index (χ1n) is 5.64. The van der Waals surface area contributed by atoms with E-state index in [1.165, 1.54) is 24.3 Å². The van der Waals surface area contributed by atoms with E-state index in [1.807, 2.05) is 0 Å². The topological polar surface area (TPSA) is 101 Å². The number of rotatable bonds is 3. The Labute approximate surface area is 118 Å². The van der Waals surface area contributed by atoms with Crippen LogP contribution in [-0.4, -0.2) is 26.9 Å². The smallest absolute Gasteiger partial charge is 0.241 e. The molecule has 1 atom stereocenters. The number of carbonyl (C=O) groups excluding carboxylic acids is 1. The van der Waals surface area contributed by atoms with Gasteiger partial charge in [-0.1, -0.05) is 0 Å². The fourth-order valence-corrected chi connectivity index (χ4v) is 2.38. The summed E-state index contributed by atoms with van der Waals surface area (Å²) in [5.74, 6) is -0.101. The molecular weight excluding hydrogens is 290 g/mol. The maximum Gasteiger partial charge on any atom is 0.241 e. The van der Waals surface area contributed by atoms with Crippen LogP contribution < -0.4 is 15.8 Å². The van der Waals surface area contributed by atoms with Crippen LogP contribution in [0.5, 0.6) is 0 Å². The average Bonchev–Trinajstić information content (AvgIpc) is 2.82. The van der Waals surface area contributed by atoms with Gasteiger partial charge >= 0.3 is 0 Å². The Hall–Kier alpha value is -1.15. The zero-order valence-electron chi connectivity index (χ0n) is 10.1. The van der Waals surface area contributed by atoms with Gasteiger partial charge in [-0.2, -0.15) is 0 Å². The Morgan fingerprint density at radius 2 is 1.95 bits per heavy atom. The van der Waals surface area contributed by atoms with E-state index in [9.17, 15) is 13.2 Å². The quantitative estimate of drug-likeness (QED) is 0.754. The van der Waals surface area contributed by atoms with Crippen molar-refractivity contribution in [2.24, 2.45) is 5.14 Å². The van der Waals surface area contributed by atoms with Crippen LogP contribution in [0.4, 0.5) is 5.69 Å². The van der Waals surface area contributed by atoms with Crippen molar-refractivity contribution >= 4 is 34.0 Å². The Morgan fingerprint density at radius 3 is 2.42 bits per heavy atom. The molecule has 1 fully saturated rings. The van der Waals surface area contributed by atoms with E-state index in [1.54, 1.807) is 0 Å². The molecule has 1 heterocycles. The Balaban J connectivity index is 0.00000180. The Bertz CT molecular complexity index is 539. The molecule has 1 aromatic carbocycles. The van der Waals surface area contributed by atoms with Crippen molar-refractivity contribution in [3.63, 3.8) is 0 Å². The number of hydrogen-bond donors (Lipinski definition) is 3. The lowest BCUT2D eigenvalue weighted by molar-refractivity contribution is -0.117. The summed E-state index contributed by atoms with van der Waals surface area (Å²) >= 11 is 0. The highest BCUT2D eigenvalue weighted by Crippen LogP contribution is 2.14. The molecule has 106 valence electrons. The van der Waals surface area contributed by atoms with Crippen molar-refractivity contribution in [1.82, 2.24) is 5.32 Å². The van der Waals surface area contributed by atoms with Gasteiger partial charge in [0, 0.05) is 5.69 Å². The second kappa shape index (κ2) is 6.33. The lowest BCUT2D eigenvalue weighted by atomic mass is 10.2. The lowest BCUT2D eigenvalue weighted by Gasteiger charge is -2.11. The Kier molecular flexibility index (Phi) is 5.30.